The highest BCUT2D eigenvalue weighted by atomic mass is 14.7. The minimum Gasteiger partial charge on any atom is -0.258 e. The molecule has 2 heteroatoms. The number of aryl methyl sites for hydroxylation is 4. The first-order valence-corrected chi connectivity index (χ1v) is 9.15. The first-order valence-electron chi connectivity index (χ1n) is 9.15. The van der Waals surface area contributed by atoms with Gasteiger partial charge in [-0.15, -0.1) is 0 Å². The summed E-state index contributed by atoms with van der Waals surface area (Å²) < 4.78 is 0. The molecular weight excluding hydrogens is 304 g/mol. The molecule has 0 aliphatic heterocycles. The number of hydrogen-bond donors (Lipinski definition) is 0. The van der Waals surface area contributed by atoms with Gasteiger partial charge in [0.05, 0.1) is 5.69 Å². The van der Waals surface area contributed by atoms with Gasteiger partial charge < -0.3 is 0 Å². The van der Waals surface area contributed by atoms with Crippen molar-refractivity contribution in [3.05, 3.63) is 83.3 Å². The third-order valence-corrected chi connectivity index (χ3v) is 4.48. The maximum Gasteiger partial charge on any atom is 0.0706 e. The van der Waals surface area contributed by atoms with E-state index in [-0.39, 0.29) is 0 Å². The quantitative estimate of drug-likeness (QED) is 0.518. The molecule has 0 unspecified atom stereocenters. The van der Waals surface area contributed by atoms with E-state index in [9.17, 15) is 0 Å². The minimum atomic E-state index is 1.04. The maximum absolute atomic E-state index is 4.55. The number of pyridine rings is 2. The Morgan fingerprint density at radius 1 is 0.720 bits per heavy atom. The van der Waals surface area contributed by atoms with Crippen LogP contribution in [0.1, 0.15) is 41.8 Å². The molecule has 25 heavy (non-hydrogen) atoms. The molecule has 2 aromatic heterocycles. The van der Waals surface area contributed by atoms with E-state index < -0.39 is 0 Å². The van der Waals surface area contributed by atoms with Crippen molar-refractivity contribution in [3.8, 4) is 11.3 Å². The Labute approximate surface area is 151 Å². The van der Waals surface area contributed by atoms with E-state index in [1.54, 1.807) is 0 Å². The third kappa shape index (κ3) is 5.25. The van der Waals surface area contributed by atoms with Gasteiger partial charge in [-0.2, -0.15) is 0 Å². The molecule has 2 heterocycles. The first kappa shape index (κ1) is 17.3. The second kappa shape index (κ2) is 8.57. The molecule has 3 aromatic rings. The molecule has 2 nitrogen and oxygen atoms in total. The van der Waals surface area contributed by atoms with Crippen LogP contribution in [0.3, 0.4) is 0 Å². The van der Waals surface area contributed by atoms with Crippen LogP contribution in [0.4, 0.5) is 0 Å². The van der Waals surface area contributed by atoms with E-state index >= 15 is 0 Å². The molecule has 0 atom stereocenters. The molecule has 3 rings (SSSR count). The molecule has 128 valence electrons. The van der Waals surface area contributed by atoms with Crippen LogP contribution in [0.2, 0.25) is 0 Å². The van der Waals surface area contributed by atoms with Crippen molar-refractivity contribution >= 4 is 0 Å². The first-order chi connectivity index (χ1) is 12.2. The molecule has 0 spiro atoms. The molecule has 0 aliphatic rings. The van der Waals surface area contributed by atoms with E-state index in [0.717, 1.165) is 29.1 Å². The van der Waals surface area contributed by atoms with Crippen molar-refractivity contribution in [2.45, 2.75) is 46.0 Å². The van der Waals surface area contributed by atoms with Crippen molar-refractivity contribution < 1.29 is 0 Å². The number of nitrogens with zero attached hydrogens (tertiary/aromatic N) is 2. The van der Waals surface area contributed by atoms with Gasteiger partial charge in [-0.1, -0.05) is 36.8 Å². The monoisotopic (exact) mass is 330 g/mol. The molecule has 0 N–H and O–H groups in total. The fourth-order valence-electron chi connectivity index (χ4n) is 3.25. The van der Waals surface area contributed by atoms with Crippen molar-refractivity contribution in [2.24, 2.45) is 0 Å². The number of hydrogen-bond acceptors (Lipinski definition) is 2. The lowest BCUT2D eigenvalue weighted by molar-refractivity contribution is 0.678. The molecular formula is C23H26N2. The Bertz CT molecular complexity index is 789. The van der Waals surface area contributed by atoms with Crippen LogP contribution < -0.4 is 0 Å². The molecule has 0 saturated carbocycles. The second-order valence-electron chi connectivity index (χ2n) is 6.73. The summed E-state index contributed by atoms with van der Waals surface area (Å²) in [5.74, 6) is 0. The summed E-state index contributed by atoms with van der Waals surface area (Å²) >= 11 is 0. The van der Waals surface area contributed by atoms with Crippen LogP contribution in [0.5, 0.6) is 0 Å². The largest absolute Gasteiger partial charge is 0.258 e. The van der Waals surface area contributed by atoms with Crippen LogP contribution in [-0.4, -0.2) is 9.97 Å². The van der Waals surface area contributed by atoms with Gasteiger partial charge in [-0.25, -0.2) is 0 Å². The number of rotatable bonds is 7. The average molecular weight is 330 g/mol. The van der Waals surface area contributed by atoms with Gasteiger partial charge in [0.25, 0.3) is 0 Å². The predicted molar refractivity (Wildman–Crippen MR) is 105 cm³/mol. The predicted octanol–water partition coefficient (Wildman–Crippen LogP) is 5.72. The lowest BCUT2D eigenvalue weighted by atomic mass is 10.0. The summed E-state index contributed by atoms with van der Waals surface area (Å²) in [6.07, 6.45) is 7.97. The molecule has 0 radical (unpaired) electrons. The Morgan fingerprint density at radius 2 is 1.40 bits per heavy atom. The van der Waals surface area contributed by atoms with Crippen molar-refractivity contribution in [1.82, 2.24) is 9.97 Å². The zero-order valence-corrected chi connectivity index (χ0v) is 15.2. The van der Waals surface area contributed by atoms with Crippen molar-refractivity contribution in [2.75, 3.05) is 0 Å². The molecule has 0 bridgehead atoms. The van der Waals surface area contributed by atoms with Gasteiger partial charge in [-0.05, 0) is 74.9 Å². The van der Waals surface area contributed by atoms with Crippen LogP contribution in [0.15, 0.2) is 60.8 Å². The highest BCUT2D eigenvalue weighted by molar-refractivity contribution is 5.60. The highest BCUT2D eigenvalue weighted by Gasteiger charge is 2.04. The smallest absolute Gasteiger partial charge is 0.0706 e. The zero-order chi connectivity index (χ0) is 17.5. The van der Waals surface area contributed by atoms with Gasteiger partial charge in [0.1, 0.15) is 0 Å². The fourth-order valence-corrected chi connectivity index (χ4v) is 3.25. The maximum atomic E-state index is 4.55. The SMILES string of the molecule is Cc1cc(-c2cc(CCCCCc3ccccc3)ccn2)cc(C)n1. The molecule has 0 saturated heterocycles. The second-order valence-corrected chi connectivity index (χ2v) is 6.73. The Kier molecular flexibility index (Phi) is 5.95. The molecule has 0 aliphatic carbocycles. The molecule has 1 aromatic carbocycles. The van der Waals surface area contributed by atoms with Crippen LogP contribution in [0.25, 0.3) is 11.3 Å². The number of unbranched alkanes of at least 4 members (excludes halogenated alkanes) is 2. The summed E-state index contributed by atoms with van der Waals surface area (Å²) in [6.45, 7) is 4.07. The van der Waals surface area contributed by atoms with Gasteiger partial charge in [0.15, 0.2) is 0 Å². The van der Waals surface area contributed by atoms with E-state index in [4.69, 9.17) is 0 Å². The Hall–Kier alpha value is -2.48. The highest BCUT2D eigenvalue weighted by Crippen LogP contribution is 2.20. The van der Waals surface area contributed by atoms with E-state index in [2.05, 4.69) is 64.6 Å². The number of benzene rings is 1. The third-order valence-electron chi connectivity index (χ3n) is 4.48. The average Bonchev–Trinajstić information content (AvgIpc) is 2.62. The molecule has 0 amide bonds. The summed E-state index contributed by atoms with van der Waals surface area (Å²) in [4.78, 5) is 9.00. The van der Waals surface area contributed by atoms with Gasteiger partial charge in [0, 0.05) is 23.1 Å². The Morgan fingerprint density at radius 3 is 2.12 bits per heavy atom. The van der Waals surface area contributed by atoms with E-state index in [1.807, 2.05) is 20.0 Å². The van der Waals surface area contributed by atoms with Gasteiger partial charge >= 0.3 is 0 Å². The normalized spacial score (nSPS) is 10.8. The lowest BCUT2D eigenvalue weighted by Crippen LogP contribution is -1.93. The van der Waals surface area contributed by atoms with E-state index in [0.29, 0.717) is 0 Å². The van der Waals surface area contributed by atoms with Gasteiger partial charge in [-0.3, -0.25) is 9.97 Å². The van der Waals surface area contributed by atoms with Crippen LogP contribution >= 0.6 is 0 Å². The summed E-state index contributed by atoms with van der Waals surface area (Å²) in [5.41, 5.74) is 7.12. The standard InChI is InChI=1S/C23H26N2/c1-18-15-22(16-19(2)25-18)23-17-21(13-14-24-23)12-8-4-7-11-20-9-5-3-6-10-20/h3,5-6,9-10,13-17H,4,7-8,11-12H2,1-2H3. The summed E-state index contributed by atoms with van der Waals surface area (Å²) in [7, 11) is 0. The zero-order valence-electron chi connectivity index (χ0n) is 15.2. The van der Waals surface area contributed by atoms with E-state index in [1.165, 1.54) is 36.8 Å². The minimum absolute atomic E-state index is 1.04. The molecule has 0 fully saturated rings. The Balaban J connectivity index is 1.53. The van der Waals surface area contributed by atoms with Crippen LogP contribution in [-0.2, 0) is 12.8 Å². The topological polar surface area (TPSA) is 25.8 Å². The summed E-state index contributed by atoms with van der Waals surface area (Å²) in [5, 5.41) is 0. The fraction of sp³-hybridized carbons (Fsp3) is 0.304. The van der Waals surface area contributed by atoms with Crippen molar-refractivity contribution in [3.63, 3.8) is 0 Å². The number of aromatic nitrogens is 2. The van der Waals surface area contributed by atoms with Gasteiger partial charge in [0.2, 0.25) is 0 Å². The summed E-state index contributed by atoms with van der Waals surface area (Å²) in [6, 6.07) is 19.3. The van der Waals surface area contributed by atoms with Crippen molar-refractivity contribution in [1.29, 1.82) is 0 Å². The lowest BCUT2D eigenvalue weighted by Gasteiger charge is -2.07. The van der Waals surface area contributed by atoms with Crippen LogP contribution in [0, 0.1) is 13.8 Å².